The number of methoxy groups -OCH3 is 1. The van der Waals surface area contributed by atoms with E-state index in [0.717, 1.165) is 25.1 Å². The first-order valence-corrected chi connectivity index (χ1v) is 8.40. The summed E-state index contributed by atoms with van der Waals surface area (Å²) in [6.45, 7) is 2.77. The molecule has 2 aromatic rings. The fraction of sp³-hybridized carbons (Fsp3) is 0.316. The van der Waals surface area contributed by atoms with Gasteiger partial charge < -0.3 is 19.3 Å². The van der Waals surface area contributed by atoms with Gasteiger partial charge in [0.15, 0.2) is 18.1 Å². The molecule has 1 aliphatic rings. The number of nitrogens with zero attached hydrogens (tertiary/aromatic N) is 3. The van der Waals surface area contributed by atoms with Gasteiger partial charge in [0, 0.05) is 49.8 Å². The zero-order valence-electron chi connectivity index (χ0n) is 14.6. The Bertz CT molecular complexity index is 759. The maximum absolute atomic E-state index is 12.4. The molecule has 0 atom stereocenters. The van der Waals surface area contributed by atoms with Crippen molar-refractivity contribution in [3.63, 3.8) is 0 Å². The highest BCUT2D eigenvalue weighted by Crippen LogP contribution is 2.27. The lowest BCUT2D eigenvalue weighted by molar-refractivity contribution is -0.133. The third-order valence-electron chi connectivity index (χ3n) is 4.34. The van der Waals surface area contributed by atoms with Gasteiger partial charge >= 0.3 is 0 Å². The van der Waals surface area contributed by atoms with E-state index >= 15 is 0 Å². The predicted octanol–water partition coefficient (Wildman–Crippen LogP) is 1.63. The zero-order valence-corrected chi connectivity index (χ0v) is 14.6. The Hall–Kier alpha value is -3.09. The molecule has 2 heterocycles. The summed E-state index contributed by atoms with van der Waals surface area (Å²) in [5.41, 5.74) is 1.61. The fourth-order valence-electron chi connectivity index (χ4n) is 2.88. The number of rotatable bonds is 6. The van der Waals surface area contributed by atoms with E-state index in [1.165, 1.54) is 7.11 Å². The largest absolute Gasteiger partial charge is 0.493 e. The van der Waals surface area contributed by atoms with E-state index in [-0.39, 0.29) is 12.5 Å². The topological polar surface area (TPSA) is 72.0 Å². The van der Waals surface area contributed by atoms with Gasteiger partial charge in [-0.3, -0.25) is 14.6 Å². The number of anilines is 1. The lowest BCUT2D eigenvalue weighted by atomic mass is 10.2. The van der Waals surface area contributed by atoms with Crippen LogP contribution in [0.3, 0.4) is 0 Å². The average Bonchev–Trinajstić information content (AvgIpc) is 2.72. The summed E-state index contributed by atoms with van der Waals surface area (Å²) >= 11 is 0. The summed E-state index contributed by atoms with van der Waals surface area (Å²) in [7, 11) is 1.50. The van der Waals surface area contributed by atoms with Gasteiger partial charge in [0.1, 0.15) is 6.29 Å². The molecular formula is C19H21N3O4. The molecule has 1 aromatic carbocycles. The van der Waals surface area contributed by atoms with Gasteiger partial charge in [0.05, 0.1) is 7.11 Å². The van der Waals surface area contributed by atoms with Crippen molar-refractivity contribution in [1.29, 1.82) is 0 Å². The van der Waals surface area contributed by atoms with Crippen LogP contribution in [0.4, 0.5) is 5.69 Å². The summed E-state index contributed by atoms with van der Waals surface area (Å²) < 4.78 is 10.8. The second-order valence-electron chi connectivity index (χ2n) is 5.89. The van der Waals surface area contributed by atoms with Crippen LogP contribution in [0.2, 0.25) is 0 Å². The second-order valence-corrected chi connectivity index (χ2v) is 5.89. The molecule has 0 saturated carbocycles. The van der Waals surface area contributed by atoms with E-state index in [4.69, 9.17) is 9.47 Å². The molecule has 7 heteroatoms. The van der Waals surface area contributed by atoms with Gasteiger partial charge in [-0.1, -0.05) is 0 Å². The van der Waals surface area contributed by atoms with Crippen molar-refractivity contribution in [2.75, 3.05) is 44.8 Å². The Labute approximate surface area is 152 Å². The number of aromatic nitrogens is 1. The quantitative estimate of drug-likeness (QED) is 0.734. The number of carbonyl (C=O) groups excluding carboxylic acids is 2. The van der Waals surface area contributed by atoms with E-state index in [1.807, 2.05) is 12.1 Å². The summed E-state index contributed by atoms with van der Waals surface area (Å²) in [6.07, 6.45) is 4.27. The van der Waals surface area contributed by atoms with Crippen LogP contribution in [0.25, 0.3) is 0 Å². The minimum absolute atomic E-state index is 0.0634. The predicted molar refractivity (Wildman–Crippen MR) is 96.9 cm³/mol. The lowest BCUT2D eigenvalue weighted by Gasteiger charge is -2.36. The first-order valence-electron chi connectivity index (χ1n) is 8.40. The van der Waals surface area contributed by atoms with Crippen LogP contribution in [-0.4, -0.2) is 62.0 Å². The van der Waals surface area contributed by atoms with Crippen LogP contribution in [0.5, 0.6) is 11.5 Å². The number of hydrogen-bond donors (Lipinski definition) is 0. The summed E-state index contributed by atoms with van der Waals surface area (Å²) in [6, 6.07) is 8.78. The van der Waals surface area contributed by atoms with Gasteiger partial charge in [-0.05, 0) is 30.3 Å². The van der Waals surface area contributed by atoms with Crippen LogP contribution < -0.4 is 14.4 Å². The van der Waals surface area contributed by atoms with Crippen LogP contribution in [-0.2, 0) is 4.79 Å². The summed E-state index contributed by atoms with van der Waals surface area (Å²) in [5.74, 6) is 0.813. The Morgan fingerprint density at radius 3 is 2.50 bits per heavy atom. The van der Waals surface area contributed by atoms with Crippen molar-refractivity contribution in [3.05, 3.63) is 48.3 Å². The normalized spacial score (nSPS) is 14.0. The van der Waals surface area contributed by atoms with Crippen LogP contribution >= 0.6 is 0 Å². The Kier molecular flexibility index (Phi) is 5.68. The van der Waals surface area contributed by atoms with E-state index in [2.05, 4.69) is 9.88 Å². The number of piperazine rings is 1. The third kappa shape index (κ3) is 4.11. The number of aldehydes is 1. The Balaban J connectivity index is 1.53. The monoisotopic (exact) mass is 355 g/mol. The van der Waals surface area contributed by atoms with Gasteiger partial charge in [0.25, 0.3) is 5.91 Å². The minimum Gasteiger partial charge on any atom is -0.493 e. The van der Waals surface area contributed by atoms with Crippen molar-refractivity contribution >= 4 is 17.9 Å². The van der Waals surface area contributed by atoms with Gasteiger partial charge in [-0.2, -0.15) is 0 Å². The first kappa shape index (κ1) is 17.7. The van der Waals surface area contributed by atoms with Crippen molar-refractivity contribution in [2.45, 2.75) is 0 Å². The highest BCUT2D eigenvalue weighted by atomic mass is 16.5. The minimum atomic E-state index is -0.0686. The van der Waals surface area contributed by atoms with Crippen molar-refractivity contribution in [3.8, 4) is 11.5 Å². The summed E-state index contributed by atoms with van der Waals surface area (Å²) in [5, 5.41) is 0. The van der Waals surface area contributed by atoms with E-state index in [1.54, 1.807) is 35.5 Å². The molecule has 0 bridgehead atoms. The second kappa shape index (κ2) is 8.33. The number of carbonyl (C=O) groups is 2. The molecule has 1 aliphatic heterocycles. The molecule has 0 radical (unpaired) electrons. The van der Waals surface area contributed by atoms with Crippen molar-refractivity contribution < 1.29 is 19.1 Å². The molecule has 1 saturated heterocycles. The van der Waals surface area contributed by atoms with E-state index in [0.29, 0.717) is 30.2 Å². The molecular weight excluding hydrogens is 334 g/mol. The molecule has 1 amide bonds. The standard InChI is InChI=1S/C19H21N3O4/c1-25-18-12-15(13-23)2-3-17(18)26-14-19(24)22-10-8-21(9-11-22)16-4-6-20-7-5-16/h2-7,12-13H,8-11,14H2,1H3. The van der Waals surface area contributed by atoms with Crippen molar-refractivity contribution in [2.24, 2.45) is 0 Å². The lowest BCUT2D eigenvalue weighted by Crippen LogP contribution is -2.50. The highest BCUT2D eigenvalue weighted by Gasteiger charge is 2.22. The maximum Gasteiger partial charge on any atom is 0.260 e. The highest BCUT2D eigenvalue weighted by molar-refractivity contribution is 5.79. The number of ether oxygens (including phenoxy) is 2. The molecule has 0 unspecified atom stereocenters. The van der Waals surface area contributed by atoms with Gasteiger partial charge in [-0.15, -0.1) is 0 Å². The number of pyridine rings is 1. The molecule has 1 fully saturated rings. The van der Waals surface area contributed by atoms with Crippen molar-refractivity contribution in [1.82, 2.24) is 9.88 Å². The molecule has 0 N–H and O–H groups in total. The molecule has 3 rings (SSSR count). The summed E-state index contributed by atoms with van der Waals surface area (Å²) in [4.78, 5) is 31.3. The smallest absolute Gasteiger partial charge is 0.260 e. The van der Waals surface area contributed by atoms with Crippen LogP contribution in [0, 0.1) is 0 Å². The third-order valence-corrected chi connectivity index (χ3v) is 4.34. The molecule has 136 valence electrons. The molecule has 26 heavy (non-hydrogen) atoms. The SMILES string of the molecule is COc1cc(C=O)ccc1OCC(=O)N1CCN(c2ccncc2)CC1. The number of hydrogen-bond acceptors (Lipinski definition) is 6. The van der Waals surface area contributed by atoms with Crippen LogP contribution in [0.15, 0.2) is 42.7 Å². The zero-order chi connectivity index (χ0) is 18.4. The Morgan fingerprint density at radius 1 is 1.12 bits per heavy atom. The maximum atomic E-state index is 12.4. The van der Waals surface area contributed by atoms with E-state index in [9.17, 15) is 9.59 Å². The first-order chi connectivity index (χ1) is 12.7. The molecule has 0 spiro atoms. The Morgan fingerprint density at radius 2 is 1.85 bits per heavy atom. The molecule has 1 aromatic heterocycles. The van der Waals surface area contributed by atoms with E-state index < -0.39 is 0 Å². The number of benzene rings is 1. The molecule has 7 nitrogen and oxygen atoms in total. The van der Waals surface area contributed by atoms with Gasteiger partial charge in [-0.25, -0.2) is 0 Å². The fourth-order valence-corrected chi connectivity index (χ4v) is 2.88. The van der Waals surface area contributed by atoms with Crippen LogP contribution in [0.1, 0.15) is 10.4 Å². The average molecular weight is 355 g/mol. The number of amides is 1. The van der Waals surface area contributed by atoms with Gasteiger partial charge in [0.2, 0.25) is 0 Å². The molecule has 0 aliphatic carbocycles.